The van der Waals surface area contributed by atoms with E-state index in [1.165, 1.54) is 0 Å². The van der Waals surface area contributed by atoms with Crippen LogP contribution in [0.3, 0.4) is 0 Å². The summed E-state index contributed by atoms with van der Waals surface area (Å²) in [5.74, 6) is -1.23. The number of aliphatic hydroxyl groups excluding tert-OH is 2. The van der Waals surface area contributed by atoms with E-state index in [1.807, 2.05) is 19.9 Å². The molecule has 1 aromatic rings. The predicted molar refractivity (Wildman–Crippen MR) is 170 cm³/mol. The van der Waals surface area contributed by atoms with E-state index in [2.05, 4.69) is 6.92 Å². The predicted octanol–water partition coefficient (Wildman–Crippen LogP) is 5.15. The van der Waals surface area contributed by atoms with E-state index in [-0.39, 0.29) is 43.2 Å². The minimum absolute atomic E-state index is 0.0635. The van der Waals surface area contributed by atoms with Gasteiger partial charge in [0.2, 0.25) is 0 Å². The quantitative estimate of drug-likeness (QED) is 0.206. The second-order valence-corrected chi connectivity index (χ2v) is 16.8. The van der Waals surface area contributed by atoms with Crippen molar-refractivity contribution in [2.24, 2.45) is 34.0 Å². The molecular formula is C38H52O10. The number of hydrogen-bond donors (Lipinski definition) is 2. The Labute approximate surface area is 282 Å². The summed E-state index contributed by atoms with van der Waals surface area (Å²) in [7, 11) is 0. The van der Waals surface area contributed by atoms with Crippen LogP contribution in [-0.4, -0.2) is 70.7 Å². The second kappa shape index (κ2) is 11.4. The first-order valence-corrected chi connectivity index (χ1v) is 18.6. The SMILES string of the molecule is CC1(C)OC2CC(=O)OCC23C1C(=O)C(O)C1(C2CCCCC2)C3CCC2(C)C(c3ccoc3CCCCCCCO)OC(=O)C3OC321. The zero-order valence-electron chi connectivity index (χ0n) is 28.7. The summed E-state index contributed by atoms with van der Waals surface area (Å²) in [5.41, 5.74) is -3.86. The Morgan fingerprint density at radius 3 is 2.44 bits per heavy atom. The van der Waals surface area contributed by atoms with Gasteiger partial charge < -0.3 is 33.6 Å². The lowest BCUT2D eigenvalue weighted by Crippen LogP contribution is -2.79. The molecule has 10 unspecified atom stereocenters. The van der Waals surface area contributed by atoms with E-state index in [4.69, 9.17) is 28.5 Å². The van der Waals surface area contributed by atoms with Gasteiger partial charge in [0.15, 0.2) is 11.9 Å². The lowest BCUT2D eigenvalue weighted by Gasteiger charge is -2.70. The number of epoxide rings is 1. The topological polar surface area (TPSA) is 145 Å². The molecule has 264 valence electrons. The van der Waals surface area contributed by atoms with Crippen LogP contribution >= 0.6 is 0 Å². The Morgan fingerprint density at radius 1 is 0.917 bits per heavy atom. The molecule has 3 aliphatic carbocycles. The molecule has 4 aliphatic heterocycles. The fraction of sp³-hybridized carbons (Fsp3) is 0.816. The van der Waals surface area contributed by atoms with E-state index >= 15 is 0 Å². The summed E-state index contributed by atoms with van der Waals surface area (Å²) in [6.07, 6.45) is 9.74. The summed E-state index contributed by atoms with van der Waals surface area (Å²) >= 11 is 0. The van der Waals surface area contributed by atoms with Gasteiger partial charge in [-0.05, 0) is 70.3 Å². The Hall–Kier alpha value is -2.27. The summed E-state index contributed by atoms with van der Waals surface area (Å²) in [4.78, 5) is 41.8. The Morgan fingerprint density at radius 2 is 1.67 bits per heavy atom. The average Bonchev–Trinajstić information content (AvgIpc) is 3.59. The molecule has 4 saturated heterocycles. The second-order valence-electron chi connectivity index (χ2n) is 16.8. The highest BCUT2D eigenvalue weighted by Gasteiger charge is 2.92. The van der Waals surface area contributed by atoms with Crippen LogP contribution in [0.5, 0.6) is 0 Å². The normalized spacial score (nSPS) is 44.5. The third-order valence-corrected chi connectivity index (χ3v) is 14.3. The van der Waals surface area contributed by atoms with Crippen molar-refractivity contribution in [1.29, 1.82) is 0 Å². The lowest BCUT2D eigenvalue weighted by molar-refractivity contribution is -0.275. The fourth-order valence-corrected chi connectivity index (χ4v) is 12.7. The van der Waals surface area contributed by atoms with Crippen LogP contribution in [0, 0.1) is 34.0 Å². The molecule has 0 radical (unpaired) electrons. The van der Waals surface area contributed by atoms with Crippen molar-refractivity contribution in [3.63, 3.8) is 0 Å². The highest BCUT2D eigenvalue weighted by Crippen LogP contribution is 2.82. The molecule has 48 heavy (non-hydrogen) atoms. The largest absolute Gasteiger partial charge is 0.469 e. The number of carbonyl (C=O) groups excluding carboxylic acids is 3. The molecule has 7 aliphatic rings. The van der Waals surface area contributed by atoms with Gasteiger partial charge in [-0.15, -0.1) is 0 Å². The number of furan rings is 1. The standard InChI is InChI=1S/C38H52O10/c1-34(2)29-28(41)30(42)37(22-12-8-7-9-13-22)25(36(29)21-45-27(40)20-26(36)47-34)15-17-35(3)31(46-33(43)32-38(35,37)48-32)23-16-19-44-24(23)14-10-5-4-6-11-18-39/h16,19,22,25-26,29-32,39,42H,4-15,17-18,20-21H2,1-3H3. The summed E-state index contributed by atoms with van der Waals surface area (Å²) in [5, 5.41) is 22.0. The number of carbonyl (C=O) groups is 3. The van der Waals surface area contributed by atoms with Crippen molar-refractivity contribution >= 4 is 17.7 Å². The molecule has 10 nitrogen and oxygen atoms in total. The molecule has 8 rings (SSSR count). The lowest BCUT2D eigenvalue weighted by atomic mass is 9.33. The van der Waals surface area contributed by atoms with Crippen LogP contribution in [0.15, 0.2) is 16.7 Å². The average molecular weight is 669 g/mol. The van der Waals surface area contributed by atoms with E-state index in [0.29, 0.717) is 19.3 Å². The smallest absolute Gasteiger partial charge is 0.339 e. The van der Waals surface area contributed by atoms with Crippen molar-refractivity contribution in [2.75, 3.05) is 13.2 Å². The number of aryl methyl sites for hydroxylation is 1. The van der Waals surface area contributed by atoms with E-state index < -0.39 is 63.8 Å². The number of rotatable bonds is 9. The number of cyclic esters (lactones) is 2. The summed E-state index contributed by atoms with van der Waals surface area (Å²) in [6, 6.07) is 1.92. The maximum absolute atomic E-state index is 15.0. The fourth-order valence-electron chi connectivity index (χ4n) is 12.7. The van der Waals surface area contributed by atoms with Crippen molar-refractivity contribution < 1.29 is 48.0 Å². The van der Waals surface area contributed by atoms with Crippen molar-refractivity contribution in [1.82, 2.24) is 0 Å². The number of aliphatic hydroxyl groups is 2. The van der Waals surface area contributed by atoms with Gasteiger partial charge in [0, 0.05) is 34.8 Å². The number of hydrogen-bond acceptors (Lipinski definition) is 10. The third-order valence-electron chi connectivity index (χ3n) is 14.3. The zero-order valence-corrected chi connectivity index (χ0v) is 28.7. The molecule has 1 aromatic heterocycles. The Bertz CT molecular complexity index is 1460. The van der Waals surface area contributed by atoms with Crippen molar-refractivity contribution in [3.05, 3.63) is 23.7 Å². The van der Waals surface area contributed by atoms with Gasteiger partial charge >= 0.3 is 11.9 Å². The molecule has 3 saturated carbocycles. The number of Topliss-reactive ketones (excluding diaryl/α,β-unsaturated/α-hetero) is 1. The van der Waals surface area contributed by atoms with Gasteiger partial charge in [-0.25, -0.2) is 4.79 Å². The number of esters is 2. The Kier molecular flexibility index (Phi) is 7.80. The maximum Gasteiger partial charge on any atom is 0.339 e. The van der Waals surface area contributed by atoms with Gasteiger partial charge in [0.1, 0.15) is 30.2 Å². The zero-order chi connectivity index (χ0) is 33.7. The molecule has 2 N–H and O–H groups in total. The minimum atomic E-state index is -1.36. The highest BCUT2D eigenvalue weighted by molar-refractivity contribution is 5.92. The monoisotopic (exact) mass is 668 g/mol. The van der Waals surface area contributed by atoms with Gasteiger partial charge in [-0.1, -0.05) is 45.4 Å². The number of fused-ring (bicyclic) bond motifs is 1. The first kappa shape index (κ1) is 32.9. The minimum Gasteiger partial charge on any atom is -0.469 e. The number of unbranched alkanes of at least 4 members (excludes halogenated alkanes) is 4. The number of ketones is 1. The Balaban J connectivity index is 1.25. The number of ether oxygens (including phenoxy) is 4. The molecule has 0 bridgehead atoms. The van der Waals surface area contributed by atoms with Crippen LogP contribution in [0.25, 0.3) is 0 Å². The van der Waals surface area contributed by atoms with Crippen LogP contribution in [0.1, 0.15) is 122 Å². The maximum atomic E-state index is 15.0. The van der Waals surface area contributed by atoms with Crippen molar-refractivity contribution in [2.45, 2.75) is 146 Å². The third kappa shape index (κ3) is 4.09. The van der Waals surface area contributed by atoms with Gasteiger partial charge in [0.05, 0.1) is 30.3 Å². The van der Waals surface area contributed by atoms with Gasteiger partial charge in [0.25, 0.3) is 0 Å². The summed E-state index contributed by atoms with van der Waals surface area (Å²) in [6.45, 7) is 6.23. The highest BCUT2D eigenvalue weighted by atomic mass is 16.7. The van der Waals surface area contributed by atoms with E-state index in [1.54, 1.807) is 6.26 Å². The first-order valence-electron chi connectivity index (χ1n) is 18.6. The molecule has 7 fully saturated rings. The first-order chi connectivity index (χ1) is 23.0. The molecule has 2 spiro atoms. The molecule has 5 heterocycles. The van der Waals surface area contributed by atoms with Crippen LogP contribution in [-0.2, 0) is 39.8 Å². The van der Waals surface area contributed by atoms with Gasteiger partial charge in [-0.3, -0.25) is 9.59 Å². The van der Waals surface area contributed by atoms with E-state index in [9.17, 15) is 19.5 Å². The van der Waals surface area contributed by atoms with E-state index in [0.717, 1.165) is 75.5 Å². The van der Waals surface area contributed by atoms with Crippen LogP contribution in [0.2, 0.25) is 0 Å². The molecular weight excluding hydrogens is 616 g/mol. The van der Waals surface area contributed by atoms with Gasteiger partial charge in [-0.2, -0.15) is 0 Å². The molecule has 10 atom stereocenters. The molecule has 0 aromatic carbocycles. The van der Waals surface area contributed by atoms with Crippen molar-refractivity contribution in [3.8, 4) is 0 Å². The summed E-state index contributed by atoms with van der Waals surface area (Å²) < 4.78 is 31.8. The molecule has 0 amide bonds. The van der Waals surface area contributed by atoms with Crippen LogP contribution < -0.4 is 0 Å². The van der Waals surface area contributed by atoms with Crippen LogP contribution in [0.4, 0.5) is 0 Å². The molecule has 10 heteroatoms.